The number of rotatable bonds is 4. The molecule has 0 aliphatic carbocycles. The summed E-state index contributed by atoms with van der Waals surface area (Å²) in [5, 5.41) is 7.10. The highest BCUT2D eigenvalue weighted by molar-refractivity contribution is 7.10. The van der Waals surface area contributed by atoms with Crippen LogP contribution in [0.4, 0.5) is 10.7 Å². The van der Waals surface area contributed by atoms with E-state index in [9.17, 15) is 4.79 Å². The first-order valence-corrected chi connectivity index (χ1v) is 6.35. The van der Waals surface area contributed by atoms with Gasteiger partial charge in [-0.05, 0) is 23.6 Å². The Morgan fingerprint density at radius 1 is 1.44 bits per heavy atom. The quantitative estimate of drug-likeness (QED) is 0.828. The second-order valence-electron chi connectivity index (χ2n) is 4.10. The van der Waals surface area contributed by atoms with Gasteiger partial charge in [-0.15, -0.1) is 5.10 Å². The van der Waals surface area contributed by atoms with Crippen molar-refractivity contribution in [3.05, 3.63) is 36.0 Å². The lowest BCUT2D eigenvalue weighted by Crippen LogP contribution is -2.13. The van der Waals surface area contributed by atoms with Gasteiger partial charge < -0.3 is 11.1 Å². The predicted molar refractivity (Wildman–Crippen MR) is 72.4 cm³/mol. The molecular weight excluding hydrogens is 248 g/mol. The Morgan fingerprint density at radius 3 is 2.78 bits per heavy atom. The number of amides is 1. The molecule has 1 aromatic carbocycles. The van der Waals surface area contributed by atoms with Crippen molar-refractivity contribution in [2.75, 3.05) is 11.1 Å². The van der Waals surface area contributed by atoms with Gasteiger partial charge in [-0.1, -0.05) is 23.5 Å². The molecule has 1 unspecified atom stereocenters. The topological polar surface area (TPSA) is 80.9 Å². The van der Waals surface area contributed by atoms with Crippen molar-refractivity contribution in [1.29, 1.82) is 0 Å². The van der Waals surface area contributed by atoms with E-state index in [1.165, 1.54) is 17.7 Å². The van der Waals surface area contributed by atoms with Gasteiger partial charge in [-0.25, -0.2) is 0 Å². The minimum absolute atomic E-state index is 0.0367. The van der Waals surface area contributed by atoms with Gasteiger partial charge in [0.15, 0.2) is 0 Å². The number of nitrogens with zero attached hydrogens (tertiary/aromatic N) is 2. The Labute approximate surface area is 109 Å². The number of hydrogen-bond acceptors (Lipinski definition) is 5. The molecule has 0 spiro atoms. The van der Waals surface area contributed by atoms with Crippen LogP contribution in [0.1, 0.15) is 24.8 Å². The number of carbonyl (C=O) groups excluding carboxylic acids is 1. The molecule has 1 heterocycles. The molecule has 0 fully saturated rings. The number of aromatic nitrogens is 2. The van der Waals surface area contributed by atoms with Gasteiger partial charge in [0.25, 0.3) is 0 Å². The molecule has 1 atom stereocenters. The zero-order valence-corrected chi connectivity index (χ0v) is 10.8. The molecule has 2 rings (SSSR count). The van der Waals surface area contributed by atoms with Crippen molar-refractivity contribution in [1.82, 2.24) is 9.59 Å². The van der Waals surface area contributed by atoms with Gasteiger partial charge >= 0.3 is 0 Å². The molecule has 0 saturated carbocycles. The summed E-state index contributed by atoms with van der Waals surface area (Å²) < 4.78 is 3.69. The van der Waals surface area contributed by atoms with E-state index < -0.39 is 0 Å². The van der Waals surface area contributed by atoms with Crippen LogP contribution in [0, 0.1) is 0 Å². The zero-order chi connectivity index (χ0) is 13.0. The van der Waals surface area contributed by atoms with Crippen molar-refractivity contribution >= 4 is 28.1 Å². The molecule has 94 valence electrons. The highest BCUT2D eigenvalue weighted by Crippen LogP contribution is 2.21. The molecule has 18 heavy (non-hydrogen) atoms. The Bertz CT molecular complexity index is 509. The van der Waals surface area contributed by atoms with Crippen LogP contribution < -0.4 is 11.1 Å². The summed E-state index contributed by atoms with van der Waals surface area (Å²) in [6.45, 7) is 2.01. The molecule has 0 aliphatic rings. The first-order valence-electron chi connectivity index (χ1n) is 5.58. The molecule has 0 aliphatic heterocycles. The lowest BCUT2D eigenvalue weighted by molar-refractivity contribution is -0.116. The number of nitrogens with one attached hydrogen (secondary N) is 1. The fourth-order valence-electron chi connectivity index (χ4n) is 1.63. The molecule has 3 N–H and O–H groups in total. The number of nitrogen functional groups attached to an aromatic ring is 1. The molecule has 1 aromatic heterocycles. The number of hydrogen-bond donors (Lipinski definition) is 2. The predicted octanol–water partition coefficient (Wildman–Crippen LogP) is 2.25. The Kier molecular flexibility index (Phi) is 3.88. The van der Waals surface area contributed by atoms with Crippen LogP contribution in [0.25, 0.3) is 0 Å². The Balaban J connectivity index is 1.92. The third-order valence-electron chi connectivity index (χ3n) is 2.62. The second kappa shape index (κ2) is 5.59. The summed E-state index contributed by atoms with van der Waals surface area (Å²) in [4.78, 5) is 11.8. The molecule has 1 amide bonds. The number of carbonyl (C=O) groups is 1. The van der Waals surface area contributed by atoms with Crippen molar-refractivity contribution in [3.8, 4) is 0 Å². The summed E-state index contributed by atoms with van der Waals surface area (Å²) in [5.74, 6) is 0.108. The summed E-state index contributed by atoms with van der Waals surface area (Å²) in [6.07, 6.45) is 1.96. The standard InChI is InChI=1S/C12H14N4OS/c1-8(9-2-4-10(13)5-3-9)6-11(17)15-12-7-14-16-18-12/h2-5,7-8H,6,13H2,1H3,(H,15,17). The minimum atomic E-state index is -0.0367. The van der Waals surface area contributed by atoms with Crippen LogP contribution in [-0.2, 0) is 4.79 Å². The Morgan fingerprint density at radius 2 is 2.17 bits per heavy atom. The lowest BCUT2D eigenvalue weighted by Gasteiger charge is -2.11. The first kappa shape index (κ1) is 12.5. The monoisotopic (exact) mass is 262 g/mol. The van der Waals surface area contributed by atoms with Crippen molar-refractivity contribution in [2.45, 2.75) is 19.3 Å². The van der Waals surface area contributed by atoms with Crippen LogP contribution in [0.15, 0.2) is 30.5 Å². The molecule has 0 saturated heterocycles. The molecule has 0 bridgehead atoms. The zero-order valence-electron chi connectivity index (χ0n) is 9.96. The SMILES string of the molecule is CC(CC(=O)Nc1cnns1)c1ccc(N)cc1. The van der Waals surface area contributed by atoms with Crippen LogP contribution >= 0.6 is 11.5 Å². The van der Waals surface area contributed by atoms with Crippen LogP contribution in [0.3, 0.4) is 0 Å². The lowest BCUT2D eigenvalue weighted by atomic mass is 9.97. The maximum atomic E-state index is 11.8. The van der Waals surface area contributed by atoms with Crippen molar-refractivity contribution < 1.29 is 4.79 Å². The van der Waals surface area contributed by atoms with Crippen LogP contribution in [0.5, 0.6) is 0 Å². The maximum Gasteiger partial charge on any atom is 0.225 e. The van der Waals surface area contributed by atoms with Crippen LogP contribution in [-0.4, -0.2) is 15.5 Å². The van der Waals surface area contributed by atoms with E-state index in [1.54, 1.807) is 0 Å². The van der Waals surface area contributed by atoms with Gasteiger partial charge in [0.05, 0.1) is 6.20 Å². The fraction of sp³-hybridized carbons (Fsp3) is 0.250. The summed E-state index contributed by atoms with van der Waals surface area (Å²) >= 11 is 1.17. The summed E-state index contributed by atoms with van der Waals surface area (Å²) in [6, 6.07) is 7.58. The Hall–Kier alpha value is -1.95. The average Bonchev–Trinajstić information content (AvgIpc) is 2.82. The molecule has 5 nitrogen and oxygen atoms in total. The maximum absolute atomic E-state index is 11.8. The van der Waals surface area contributed by atoms with E-state index in [-0.39, 0.29) is 11.8 Å². The van der Waals surface area contributed by atoms with E-state index in [1.807, 2.05) is 31.2 Å². The average molecular weight is 262 g/mol. The minimum Gasteiger partial charge on any atom is -0.399 e. The summed E-state index contributed by atoms with van der Waals surface area (Å²) in [5.41, 5.74) is 7.45. The third-order valence-corrected chi connectivity index (χ3v) is 3.20. The molecule has 6 heteroatoms. The van der Waals surface area contributed by atoms with E-state index in [4.69, 9.17) is 5.73 Å². The fourth-order valence-corrected chi connectivity index (χ4v) is 2.07. The first-order chi connectivity index (χ1) is 8.65. The third kappa shape index (κ3) is 3.27. The van der Waals surface area contributed by atoms with E-state index in [0.717, 1.165) is 11.3 Å². The van der Waals surface area contributed by atoms with Gasteiger partial charge in [0.2, 0.25) is 5.91 Å². The van der Waals surface area contributed by atoms with Gasteiger partial charge in [-0.3, -0.25) is 4.79 Å². The smallest absolute Gasteiger partial charge is 0.225 e. The number of benzene rings is 1. The van der Waals surface area contributed by atoms with E-state index in [2.05, 4.69) is 14.9 Å². The molecule has 0 radical (unpaired) electrons. The highest BCUT2D eigenvalue weighted by Gasteiger charge is 2.12. The largest absolute Gasteiger partial charge is 0.399 e. The number of anilines is 2. The molecular formula is C12H14N4OS. The van der Waals surface area contributed by atoms with Crippen molar-refractivity contribution in [3.63, 3.8) is 0 Å². The highest BCUT2D eigenvalue weighted by atomic mass is 32.1. The molecule has 2 aromatic rings. The van der Waals surface area contributed by atoms with Crippen molar-refractivity contribution in [2.24, 2.45) is 0 Å². The second-order valence-corrected chi connectivity index (χ2v) is 4.89. The number of nitrogens with two attached hydrogens (primary N) is 1. The van der Waals surface area contributed by atoms with E-state index in [0.29, 0.717) is 11.4 Å². The van der Waals surface area contributed by atoms with Gasteiger partial charge in [0, 0.05) is 23.6 Å². The summed E-state index contributed by atoms with van der Waals surface area (Å²) in [7, 11) is 0. The van der Waals surface area contributed by atoms with Gasteiger partial charge in [-0.2, -0.15) is 0 Å². The van der Waals surface area contributed by atoms with Crippen LogP contribution in [0.2, 0.25) is 0 Å². The van der Waals surface area contributed by atoms with Gasteiger partial charge in [0.1, 0.15) is 5.00 Å². The van der Waals surface area contributed by atoms with E-state index >= 15 is 0 Å². The normalized spacial score (nSPS) is 12.1.